The Labute approximate surface area is 193 Å². The molecule has 2 N–H and O–H groups in total. The molecule has 1 fully saturated rings. The van der Waals surface area contributed by atoms with Gasteiger partial charge < -0.3 is 10.4 Å². The largest absolute Gasteiger partial charge is 0.501 e. The molecule has 0 bridgehead atoms. The molecule has 2 heterocycles. The summed E-state index contributed by atoms with van der Waals surface area (Å²) < 4.78 is 92.5. The van der Waals surface area contributed by atoms with Crippen LogP contribution >= 0.6 is 0 Å². The minimum atomic E-state index is -5.52. The highest BCUT2D eigenvalue weighted by Gasteiger charge is 2.49. The lowest BCUT2D eigenvalue weighted by molar-refractivity contribution is -0.192. The normalized spacial score (nSPS) is 18.5. The average molecular weight is 527 g/mol. The van der Waals surface area contributed by atoms with Gasteiger partial charge in [-0.05, 0) is 48.9 Å². The van der Waals surface area contributed by atoms with Gasteiger partial charge in [0.2, 0.25) is 0 Å². The van der Waals surface area contributed by atoms with Gasteiger partial charge in [-0.1, -0.05) is 0 Å². The predicted molar refractivity (Wildman–Crippen MR) is 106 cm³/mol. The van der Waals surface area contributed by atoms with E-state index in [9.17, 15) is 44.3 Å². The van der Waals surface area contributed by atoms with Gasteiger partial charge in [0.1, 0.15) is 5.54 Å². The van der Waals surface area contributed by atoms with Crippen molar-refractivity contribution >= 4 is 33.4 Å². The van der Waals surface area contributed by atoms with E-state index in [1.165, 1.54) is 19.3 Å². The number of urea groups is 1. The number of alkyl halides is 6. The van der Waals surface area contributed by atoms with Crippen molar-refractivity contribution in [2.45, 2.75) is 35.5 Å². The molecule has 190 valence electrons. The third-order valence-electron chi connectivity index (χ3n) is 4.52. The van der Waals surface area contributed by atoms with Crippen LogP contribution in [0.5, 0.6) is 0 Å². The number of sulfone groups is 1. The topological polar surface area (TPSA) is 134 Å². The van der Waals surface area contributed by atoms with Gasteiger partial charge in [0.25, 0.3) is 15.7 Å². The zero-order chi connectivity index (χ0) is 26.8. The number of anilines is 1. The van der Waals surface area contributed by atoms with E-state index in [-0.39, 0.29) is 12.1 Å². The number of aromatic nitrogens is 1. The molecule has 1 aliphatic rings. The van der Waals surface area contributed by atoms with Crippen LogP contribution in [0, 0.1) is 0 Å². The van der Waals surface area contributed by atoms with E-state index in [0.29, 0.717) is 12.1 Å². The van der Waals surface area contributed by atoms with Crippen LogP contribution in [0.3, 0.4) is 0 Å². The number of aliphatic carboxylic acids is 1. The molecule has 1 atom stereocenters. The van der Waals surface area contributed by atoms with Gasteiger partial charge in [-0.15, -0.1) is 0 Å². The Morgan fingerprint density at radius 3 is 1.94 bits per heavy atom. The van der Waals surface area contributed by atoms with Gasteiger partial charge in [0.15, 0.2) is 0 Å². The van der Waals surface area contributed by atoms with Crippen molar-refractivity contribution in [3.63, 3.8) is 0 Å². The molecule has 0 saturated carbocycles. The Kier molecular flexibility index (Phi) is 7.49. The molecule has 3 rings (SSSR count). The molecule has 3 amide bonds. The Bertz CT molecular complexity index is 1220. The number of nitrogens with zero attached hydrogens (tertiary/aromatic N) is 2. The third kappa shape index (κ3) is 6.06. The molecular formula is C19H15F6N3O6S. The molecular weight excluding hydrogens is 512 g/mol. The highest BCUT2D eigenvalue weighted by molar-refractivity contribution is 7.92. The molecule has 0 unspecified atom stereocenters. The molecule has 1 aliphatic heterocycles. The van der Waals surface area contributed by atoms with Crippen LogP contribution in [-0.2, 0) is 25.8 Å². The summed E-state index contributed by atoms with van der Waals surface area (Å²) in [5.41, 5.74) is -6.00. The van der Waals surface area contributed by atoms with E-state index in [4.69, 9.17) is 9.90 Å². The summed E-state index contributed by atoms with van der Waals surface area (Å²) in [6.45, 7) is 1.52. The molecule has 35 heavy (non-hydrogen) atoms. The monoisotopic (exact) mass is 527 g/mol. The number of amides is 3. The minimum absolute atomic E-state index is 0.0397. The third-order valence-corrected chi connectivity index (χ3v) is 6.02. The van der Waals surface area contributed by atoms with Crippen LogP contribution < -0.4 is 10.2 Å². The first-order valence-electron chi connectivity index (χ1n) is 9.17. The number of pyridine rings is 1. The van der Waals surface area contributed by atoms with Gasteiger partial charge in [-0.3, -0.25) is 9.78 Å². The van der Waals surface area contributed by atoms with Gasteiger partial charge in [-0.2, -0.15) is 26.3 Å². The van der Waals surface area contributed by atoms with Crippen LogP contribution in [0.25, 0.3) is 0 Å². The SMILES string of the molecule is C[C@@]1(Cc2ccncc2)NC(=O)N(c2ccc(S(=O)(=O)C(F)(F)F)cc2)C1=O.O=C(O)C(F)(F)F. The maximum Gasteiger partial charge on any atom is 0.501 e. The van der Waals surface area contributed by atoms with Crippen LogP contribution in [0.2, 0.25) is 0 Å². The smallest absolute Gasteiger partial charge is 0.475 e. The zero-order valence-electron chi connectivity index (χ0n) is 17.4. The number of hydrogen-bond acceptors (Lipinski definition) is 6. The first-order valence-corrected chi connectivity index (χ1v) is 10.7. The van der Waals surface area contributed by atoms with E-state index >= 15 is 0 Å². The van der Waals surface area contributed by atoms with Crippen LogP contribution in [-0.4, -0.2) is 53.6 Å². The number of carbonyl (C=O) groups excluding carboxylic acids is 2. The lowest BCUT2D eigenvalue weighted by Gasteiger charge is -2.21. The van der Waals surface area contributed by atoms with E-state index in [1.807, 2.05) is 0 Å². The summed E-state index contributed by atoms with van der Waals surface area (Å²) in [6, 6.07) is 5.98. The van der Waals surface area contributed by atoms with Gasteiger partial charge in [0.05, 0.1) is 10.6 Å². The van der Waals surface area contributed by atoms with Crippen LogP contribution in [0.15, 0.2) is 53.7 Å². The summed E-state index contributed by atoms with van der Waals surface area (Å²) >= 11 is 0. The maximum atomic E-state index is 12.8. The molecule has 0 radical (unpaired) electrons. The van der Waals surface area contributed by atoms with Gasteiger partial charge >= 0.3 is 23.7 Å². The quantitative estimate of drug-likeness (QED) is 0.461. The number of benzene rings is 1. The second-order valence-corrected chi connectivity index (χ2v) is 9.12. The first-order chi connectivity index (χ1) is 15.9. The van der Waals surface area contributed by atoms with E-state index < -0.39 is 49.9 Å². The van der Waals surface area contributed by atoms with E-state index in [0.717, 1.165) is 22.6 Å². The average Bonchev–Trinajstić information content (AvgIpc) is 2.95. The predicted octanol–water partition coefficient (Wildman–Crippen LogP) is 3.07. The minimum Gasteiger partial charge on any atom is -0.475 e. The van der Waals surface area contributed by atoms with Crippen molar-refractivity contribution in [1.29, 1.82) is 0 Å². The Hall–Kier alpha value is -3.69. The second kappa shape index (κ2) is 9.52. The number of halogens is 6. The number of carbonyl (C=O) groups is 3. The van der Waals surface area contributed by atoms with Crippen molar-refractivity contribution in [1.82, 2.24) is 10.3 Å². The van der Waals surface area contributed by atoms with Gasteiger partial charge in [-0.25, -0.2) is 22.9 Å². The molecule has 1 aromatic carbocycles. The molecule has 2 aromatic rings. The van der Waals surface area contributed by atoms with Crippen molar-refractivity contribution in [2.24, 2.45) is 0 Å². The molecule has 1 saturated heterocycles. The zero-order valence-corrected chi connectivity index (χ0v) is 18.2. The number of carboxylic acid groups (broad SMARTS) is 1. The first kappa shape index (κ1) is 27.6. The lowest BCUT2D eigenvalue weighted by Crippen LogP contribution is -2.46. The highest BCUT2D eigenvalue weighted by atomic mass is 32.2. The van der Waals surface area contributed by atoms with Crippen molar-refractivity contribution in [3.8, 4) is 0 Å². The number of nitrogens with one attached hydrogen (secondary N) is 1. The fraction of sp³-hybridized carbons (Fsp3) is 0.263. The van der Waals surface area contributed by atoms with Crippen LogP contribution in [0.1, 0.15) is 12.5 Å². The summed E-state index contributed by atoms with van der Waals surface area (Å²) in [5.74, 6) is -3.37. The maximum absolute atomic E-state index is 12.8. The fourth-order valence-electron chi connectivity index (χ4n) is 2.86. The number of carboxylic acids is 1. The van der Waals surface area contributed by atoms with Crippen molar-refractivity contribution in [2.75, 3.05) is 4.90 Å². The summed E-state index contributed by atoms with van der Waals surface area (Å²) in [4.78, 5) is 37.7. The standard InChI is InChI=1S/C17H14F3N3O4S.C2HF3O2/c1-16(10-11-6-8-21-9-7-11)14(24)23(15(25)22-16)12-2-4-13(5-3-12)28(26,27)17(18,19)20;3-2(4,5)1(6)7/h2-9H,10H2,1H3,(H,22,25);(H,6,7)/t16-;/m0./s1. The summed E-state index contributed by atoms with van der Waals surface area (Å²) in [7, 11) is -5.52. The Morgan fingerprint density at radius 1 is 1.03 bits per heavy atom. The molecule has 9 nitrogen and oxygen atoms in total. The molecule has 16 heteroatoms. The summed E-state index contributed by atoms with van der Waals surface area (Å²) in [6.07, 6.45) is -1.83. The van der Waals surface area contributed by atoms with Crippen LogP contribution in [0.4, 0.5) is 36.8 Å². The van der Waals surface area contributed by atoms with Crippen molar-refractivity contribution in [3.05, 3.63) is 54.4 Å². The Morgan fingerprint density at radius 2 is 1.51 bits per heavy atom. The molecule has 1 aromatic heterocycles. The highest BCUT2D eigenvalue weighted by Crippen LogP contribution is 2.33. The second-order valence-electron chi connectivity index (χ2n) is 7.18. The number of rotatable bonds is 4. The number of imide groups is 1. The lowest BCUT2D eigenvalue weighted by atomic mass is 9.93. The fourth-order valence-corrected chi connectivity index (χ4v) is 3.62. The van der Waals surface area contributed by atoms with Gasteiger partial charge in [0, 0.05) is 18.8 Å². The Balaban J connectivity index is 0.000000540. The molecule has 0 spiro atoms. The van der Waals surface area contributed by atoms with E-state index in [1.54, 1.807) is 12.1 Å². The molecule has 0 aliphatic carbocycles. The van der Waals surface area contributed by atoms with Crippen molar-refractivity contribution < 1.29 is 54.3 Å². The number of hydrogen-bond donors (Lipinski definition) is 2. The van der Waals surface area contributed by atoms with E-state index in [2.05, 4.69) is 10.3 Å². The summed E-state index contributed by atoms with van der Waals surface area (Å²) in [5, 5.41) is 9.69.